The van der Waals surface area contributed by atoms with E-state index in [1.807, 2.05) is 24.3 Å². The Balaban J connectivity index is 1.99. The Labute approximate surface area is 154 Å². The van der Waals surface area contributed by atoms with Crippen molar-refractivity contribution in [3.63, 3.8) is 0 Å². The molecule has 6 nitrogen and oxygen atoms in total. The second kappa shape index (κ2) is 9.56. The predicted molar refractivity (Wildman–Crippen MR) is 100 cm³/mol. The van der Waals surface area contributed by atoms with Crippen LogP contribution in [-0.2, 0) is 6.54 Å². The van der Waals surface area contributed by atoms with Crippen LogP contribution in [0.25, 0.3) is 0 Å². The third kappa shape index (κ3) is 5.31. The molecule has 0 spiro atoms. The molecule has 2 amide bonds. The van der Waals surface area contributed by atoms with Crippen LogP contribution >= 0.6 is 0 Å². The second-order valence-electron chi connectivity index (χ2n) is 6.04. The summed E-state index contributed by atoms with van der Waals surface area (Å²) in [6.45, 7) is 3.14. The maximum absolute atomic E-state index is 12.4. The average molecular weight is 355 g/mol. The number of amides is 2. The molecule has 0 fully saturated rings. The van der Waals surface area contributed by atoms with Crippen molar-refractivity contribution in [1.29, 1.82) is 0 Å². The van der Waals surface area contributed by atoms with Gasteiger partial charge in [0.1, 0.15) is 11.4 Å². The number of pyridine rings is 1. The van der Waals surface area contributed by atoms with E-state index >= 15 is 0 Å². The van der Waals surface area contributed by atoms with Crippen LogP contribution in [-0.4, -0.2) is 42.4 Å². The number of aromatic nitrogens is 1. The first-order valence-electron chi connectivity index (χ1n) is 8.67. The number of hydrogen-bond acceptors (Lipinski definition) is 4. The molecule has 0 aliphatic rings. The van der Waals surface area contributed by atoms with Gasteiger partial charge in [0.25, 0.3) is 11.8 Å². The molecule has 0 bridgehead atoms. The molecule has 1 aromatic carbocycles. The van der Waals surface area contributed by atoms with Crippen LogP contribution in [0.3, 0.4) is 0 Å². The summed E-state index contributed by atoms with van der Waals surface area (Å²) >= 11 is 0. The molecule has 26 heavy (non-hydrogen) atoms. The van der Waals surface area contributed by atoms with Gasteiger partial charge in [-0.15, -0.1) is 0 Å². The summed E-state index contributed by atoms with van der Waals surface area (Å²) in [7, 11) is 3.36. The smallest absolute Gasteiger partial charge is 0.272 e. The van der Waals surface area contributed by atoms with E-state index in [0.29, 0.717) is 18.7 Å². The number of unbranched alkanes of at least 4 members (excludes halogenated alkanes) is 1. The van der Waals surface area contributed by atoms with Crippen molar-refractivity contribution >= 4 is 11.8 Å². The van der Waals surface area contributed by atoms with Crippen molar-refractivity contribution in [2.75, 3.05) is 20.7 Å². The molecule has 0 atom stereocenters. The van der Waals surface area contributed by atoms with Crippen molar-refractivity contribution in [1.82, 2.24) is 15.2 Å². The largest absolute Gasteiger partial charge is 0.497 e. The van der Waals surface area contributed by atoms with Gasteiger partial charge < -0.3 is 15.0 Å². The van der Waals surface area contributed by atoms with Crippen LogP contribution in [0.1, 0.15) is 46.2 Å². The van der Waals surface area contributed by atoms with Crippen molar-refractivity contribution in [3.05, 3.63) is 59.4 Å². The minimum atomic E-state index is -0.242. The first-order valence-corrected chi connectivity index (χ1v) is 8.67. The van der Waals surface area contributed by atoms with Gasteiger partial charge in [-0.3, -0.25) is 14.6 Å². The van der Waals surface area contributed by atoms with Gasteiger partial charge in [0, 0.05) is 31.9 Å². The van der Waals surface area contributed by atoms with Gasteiger partial charge in [-0.05, 0) is 36.2 Å². The minimum Gasteiger partial charge on any atom is -0.497 e. The molecular weight excluding hydrogens is 330 g/mol. The quantitative estimate of drug-likeness (QED) is 0.790. The molecule has 0 unspecified atom stereocenters. The average Bonchev–Trinajstić information content (AvgIpc) is 2.70. The summed E-state index contributed by atoms with van der Waals surface area (Å²) in [6, 6.07) is 10.6. The van der Waals surface area contributed by atoms with E-state index in [-0.39, 0.29) is 17.5 Å². The summed E-state index contributed by atoms with van der Waals surface area (Å²) in [5, 5.41) is 2.85. The van der Waals surface area contributed by atoms with Crippen molar-refractivity contribution < 1.29 is 14.3 Å². The number of rotatable bonds is 8. The number of carbonyl (C=O) groups excluding carboxylic acids is 2. The lowest BCUT2D eigenvalue weighted by Gasteiger charge is -2.16. The van der Waals surface area contributed by atoms with Gasteiger partial charge in [-0.1, -0.05) is 25.5 Å². The highest BCUT2D eigenvalue weighted by molar-refractivity contribution is 5.98. The van der Waals surface area contributed by atoms with E-state index in [4.69, 9.17) is 4.74 Å². The maximum Gasteiger partial charge on any atom is 0.272 e. The van der Waals surface area contributed by atoms with E-state index in [1.165, 1.54) is 12.3 Å². The molecule has 2 aromatic rings. The molecule has 0 saturated carbocycles. The Kier molecular flexibility index (Phi) is 7.14. The highest BCUT2D eigenvalue weighted by Gasteiger charge is 2.15. The predicted octanol–water partition coefficient (Wildman–Crippen LogP) is 2.89. The molecule has 6 heteroatoms. The Morgan fingerprint density at radius 2 is 1.92 bits per heavy atom. The van der Waals surface area contributed by atoms with Gasteiger partial charge in [0.15, 0.2) is 0 Å². The number of nitrogens with one attached hydrogen (secondary N) is 1. The molecule has 1 aromatic heterocycles. The first kappa shape index (κ1) is 19.4. The van der Waals surface area contributed by atoms with Crippen LogP contribution in [0.2, 0.25) is 0 Å². The van der Waals surface area contributed by atoms with E-state index < -0.39 is 0 Å². The summed E-state index contributed by atoms with van der Waals surface area (Å²) in [5.74, 6) is 0.348. The highest BCUT2D eigenvalue weighted by Crippen LogP contribution is 2.11. The van der Waals surface area contributed by atoms with Crippen LogP contribution in [0.4, 0.5) is 0 Å². The van der Waals surface area contributed by atoms with E-state index in [2.05, 4.69) is 17.2 Å². The van der Waals surface area contributed by atoms with Crippen LogP contribution in [0.15, 0.2) is 42.6 Å². The molecule has 0 radical (unpaired) electrons. The van der Waals surface area contributed by atoms with Gasteiger partial charge in [0.05, 0.1) is 7.11 Å². The molecule has 1 heterocycles. The normalized spacial score (nSPS) is 10.3. The number of carbonyl (C=O) groups is 2. The van der Waals surface area contributed by atoms with Gasteiger partial charge in [0.2, 0.25) is 0 Å². The minimum absolute atomic E-state index is 0.178. The lowest BCUT2D eigenvalue weighted by molar-refractivity contribution is 0.0787. The van der Waals surface area contributed by atoms with Crippen LogP contribution in [0.5, 0.6) is 5.75 Å². The number of hydrogen-bond donors (Lipinski definition) is 1. The Hall–Kier alpha value is -2.89. The highest BCUT2D eigenvalue weighted by atomic mass is 16.5. The Bertz CT molecular complexity index is 744. The zero-order valence-corrected chi connectivity index (χ0v) is 15.5. The Morgan fingerprint density at radius 1 is 1.19 bits per heavy atom. The lowest BCUT2D eigenvalue weighted by atomic mass is 10.1. The molecular formula is C20H25N3O3. The second-order valence-corrected chi connectivity index (χ2v) is 6.04. The molecule has 1 N–H and O–H groups in total. The summed E-state index contributed by atoms with van der Waals surface area (Å²) in [4.78, 5) is 30.5. The number of methoxy groups -OCH3 is 1. The molecule has 0 saturated heterocycles. The fourth-order valence-electron chi connectivity index (χ4n) is 2.41. The molecule has 138 valence electrons. The summed E-state index contributed by atoms with van der Waals surface area (Å²) < 4.78 is 5.11. The maximum atomic E-state index is 12.4. The SMILES string of the molecule is CCCCN(C)C(=O)c1cc(C(=O)NCc2ccc(OC)cc2)ccn1. The fraction of sp³-hybridized carbons (Fsp3) is 0.350. The third-order valence-corrected chi connectivity index (χ3v) is 4.05. The van der Waals surface area contributed by atoms with E-state index in [0.717, 1.165) is 24.2 Å². The lowest BCUT2D eigenvalue weighted by Crippen LogP contribution is -2.29. The number of benzene rings is 1. The first-order chi connectivity index (χ1) is 12.5. The topological polar surface area (TPSA) is 71.5 Å². The van der Waals surface area contributed by atoms with Crippen LogP contribution in [0, 0.1) is 0 Å². The fourth-order valence-corrected chi connectivity index (χ4v) is 2.41. The van der Waals surface area contributed by atoms with Crippen molar-refractivity contribution in [3.8, 4) is 5.75 Å². The third-order valence-electron chi connectivity index (χ3n) is 4.05. The van der Waals surface area contributed by atoms with E-state index in [1.54, 1.807) is 25.1 Å². The number of ether oxygens (including phenoxy) is 1. The van der Waals surface area contributed by atoms with E-state index in [9.17, 15) is 9.59 Å². The molecule has 0 aliphatic carbocycles. The Morgan fingerprint density at radius 3 is 2.58 bits per heavy atom. The van der Waals surface area contributed by atoms with Crippen LogP contribution < -0.4 is 10.1 Å². The standard InChI is InChI=1S/C20H25N3O3/c1-4-5-12-23(2)20(25)18-13-16(10-11-21-18)19(24)22-14-15-6-8-17(26-3)9-7-15/h6-11,13H,4-5,12,14H2,1-3H3,(H,22,24). The molecule has 2 rings (SSSR count). The monoisotopic (exact) mass is 355 g/mol. The van der Waals surface area contributed by atoms with Gasteiger partial charge in [-0.25, -0.2) is 0 Å². The van der Waals surface area contributed by atoms with Crippen molar-refractivity contribution in [2.24, 2.45) is 0 Å². The van der Waals surface area contributed by atoms with Gasteiger partial charge in [-0.2, -0.15) is 0 Å². The van der Waals surface area contributed by atoms with Gasteiger partial charge >= 0.3 is 0 Å². The summed E-state index contributed by atoms with van der Waals surface area (Å²) in [5.41, 5.74) is 1.66. The number of nitrogens with zero attached hydrogens (tertiary/aromatic N) is 2. The zero-order valence-electron chi connectivity index (χ0n) is 15.5. The zero-order chi connectivity index (χ0) is 18.9. The van der Waals surface area contributed by atoms with Crippen molar-refractivity contribution in [2.45, 2.75) is 26.3 Å². The molecule has 0 aliphatic heterocycles. The summed E-state index contributed by atoms with van der Waals surface area (Å²) in [6.07, 6.45) is 3.44.